The number of rotatable bonds is 9. The fourth-order valence-electron chi connectivity index (χ4n) is 11.8. The van der Waals surface area contributed by atoms with Gasteiger partial charge in [-0.05, 0) is 44.9 Å². The van der Waals surface area contributed by atoms with E-state index in [9.17, 15) is 44.4 Å². The minimum absolute atomic E-state index is 0.0236. The van der Waals surface area contributed by atoms with Gasteiger partial charge in [-0.2, -0.15) is 0 Å². The van der Waals surface area contributed by atoms with Gasteiger partial charge in [0.15, 0.2) is 12.3 Å². The SMILES string of the molecule is CO[C@H]1/C=C/O[C@@]2(C)Oc3c(C)c(O)c4c(c3/C2=N/OCC(=O)N2CCN(c3cc5c(cc3F)c(=O)c(C(=O)O)cn5C3CC3)CC2)C(=O)C(N2CCOCC2)=C(NC(=O)/C(C)=C\C=C\[C@@H](C)[C@H](O)[C@@H](C)[C@H](O)[C@@H](C)[C@@H](OC(C)=O)[C@@H]1C)C4=O. The Labute approximate surface area is 483 Å². The molecule has 2 amide bonds. The number of piperazine rings is 1. The molecule has 10 rings (SSSR count). The van der Waals surface area contributed by atoms with Crippen LogP contribution in [0.3, 0.4) is 0 Å². The Balaban J connectivity index is 1.08. The summed E-state index contributed by atoms with van der Waals surface area (Å²) >= 11 is 0. The molecule has 3 aromatic rings. The molecule has 5 aliphatic heterocycles. The Kier molecular flexibility index (Phi) is 17.6. The van der Waals surface area contributed by atoms with Crippen LogP contribution in [0.15, 0.2) is 75.8 Å². The fourth-order valence-corrected chi connectivity index (χ4v) is 11.8. The third-order valence-electron chi connectivity index (χ3n) is 16.9. The number of ketones is 2. The Morgan fingerprint density at radius 3 is 2.21 bits per heavy atom. The first-order valence-corrected chi connectivity index (χ1v) is 28.1. The van der Waals surface area contributed by atoms with Crippen LogP contribution in [-0.2, 0) is 38.2 Å². The maximum absolute atomic E-state index is 15.9. The number of aromatic nitrogens is 1. The number of ether oxygens (including phenoxy) is 5. The van der Waals surface area contributed by atoms with E-state index in [2.05, 4.69) is 10.5 Å². The van der Waals surface area contributed by atoms with E-state index in [1.165, 1.54) is 70.4 Å². The number of methoxy groups -OCH3 is 1. The number of oxime groups is 1. The second kappa shape index (κ2) is 24.3. The molecule has 5 N–H and O–H groups in total. The molecule has 2 saturated heterocycles. The number of hydrogen-bond donors (Lipinski definition) is 5. The highest BCUT2D eigenvalue weighted by Gasteiger charge is 2.53. The van der Waals surface area contributed by atoms with E-state index in [1.807, 2.05) is 0 Å². The van der Waals surface area contributed by atoms with Crippen LogP contribution in [0.2, 0.25) is 0 Å². The largest absolute Gasteiger partial charge is 0.507 e. The van der Waals surface area contributed by atoms with Gasteiger partial charge in [-0.15, -0.1) is 0 Å². The predicted molar refractivity (Wildman–Crippen MR) is 301 cm³/mol. The lowest BCUT2D eigenvalue weighted by molar-refractivity contribution is -0.160. The summed E-state index contributed by atoms with van der Waals surface area (Å²) in [6, 6.07) is 2.55. The summed E-state index contributed by atoms with van der Waals surface area (Å²) in [6.07, 6.45) is 5.98. The first kappa shape index (κ1) is 60.7. The van der Waals surface area contributed by atoms with Crippen molar-refractivity contribution in [2.45, 2.75) is 104 Å². The number of aromatic hydroxyl groups is 1. The van der Waals surface area contributed by atoms with E-state index >= 15 is 14.0 Å². The van der Waals surface area contributed by atoms with E-state index in [-0.39, 0.29) is 109 Å². The smallest absolute Gasteiger partial charge is 0.341 e. The summed E-state index contributed by atoms with van der Waals surface area (Å²) in [4.78, 5) is 107. The number of Topliss-reactive ketones (excluding diaryl/α,β-unsaturated/α-hetero) is 2. The Morgan fingerprint density at radius 2 is 1.57 bits per heavy atom. The molecule has 6 heterocycles. The molecule has 23 nitrogen and oxygen atoms in total. The lowest BCUT2D eigenvalue weighted by Crippen LogP contribution is -2.50. The Morgan fingerprint density at radius 1 is 0.881 bits per heavy atom. The third kappa shape index (κ3) is 11.5. The number of hydrogen-bond acceptors (Lipinski definition) is 19. The van der Waals surface area contributed by atoms with Crippen molar-refractivity contribution in [3.63, 3.8) is 0 Å². The second-order valence-corrected chi connectivity index (χ2v) is 22.5. The van der Waals surface area contributed by atoms with Crippen LogP contribution in [0.4, 0.5) is 10.1 Å². The number of allylic oxidation sites excluding steroid dienone is 4. The second-order valence-electron chi connectivity index (χ2n) is 22.5. The zero-order chi connectivity index (χ0) is 60.8. The number of carboxylic acids is 1. The van der Waals surface area contributed by atoms with Crippen molar-refractivity contribution >= 4 is 57.6 Å². The molecule has 9 atom stereocenters. The van der Waals surface area contributed by atoms with Crippen molar-refractivity contribution < 1.29 is 82.1 Å². The molecule has 2 aromatic carbocycles. The number of morpholine rings is 1. The summed E-state index contributed by atoms with van der Waals surface area (Å²) in [5, 5.41) is 52.0. The highest BCUT2D eigenvalue weighted by molar-refractivity contribution is 6.33. The molecule has 0 radical (unpaired) electrons. The molecule has 7 aliphatic rings. The van der Waals surface area contributed by atoms with Gasteiger partial charge in [0.05, 0.1) is 65.7 Å². The number of amides is 2. The number of aromatic carboxylic acids is 1. The van der Waals surface area contributed by atoms with Gasteiger partial charge < -0.3 is 73.5 Å². The van der Waals surface area contributed by atoms with Gasteiger partial charge in [0.2, 0.25) is 17.0 Å². The number of phenols is 1. The molecule has 84 heavy (non-hydrogen) atoms. The minimum atomic E-state index is -2.07. The predicted octanol–water partition coefficient (Wildman–Crippen LogP) is 4.66. The molecular formula is C60H71FN6O17. The van der Waals surface area contributed by atoms with E-state index in [4.69, 9.17) is 28.5 Å². The average Bonchev–Trinajstić information content (AvgIpc) is 1.59. The third-order valence-corrected chi connectivity index (χ3v) is 16.9. The number of carboxylic acid groups (broad SMARTS) is 1. The van der Waals surface area contributed by atoms with Gasteiger partial charge in [0.1, 0.15) is 40.4 Å². The molecular weight excluding hydrogens is 1100 g/mol. The Hall–Kier alpha value is -7.93. The number of anilines is 1. The van der Waals surface area contributed by atoms with E-state index in [0.717, 1.165) is 18.9 Å². The zero-order valence-corrected chi connectivity index (χ0v) is 48.3. The molecule has 0 unspecified atom stereocenters. The van der Waals surface area contributed by atoms with Crippen LogP contribution in [-0.4, -0.2) is 172 Å². The molecule has 1 saturated carbocycles. The number of pyridine rings is 1. The summed E-state index contributed by atoms with van der Waals surface area (Å²) < 4.78 is 47.9. The van der Waals surface area contributed by atoms with Gasteiger partial charge in [-0.3, -0.25) is 28.8 Å². The fraction of sp³-hybridized carbons (Fsp3) is 0.500. The molecule has 3 fully saturated rings. The molecule has 24 heteroatoms. The molecule has 2 aliphatic carbocycles. The first-order chi connectivity index (χ1) is 39.9. The first-order valence-electron chi connectivity index (χ1n) is 28.1. The quantitative estimate of drug-likeness (QED) is 0.144. The van der Waals surface area contributed by atoms with E-state index < -0.39 is 130 Å². The van der Waals surface area contributed by atoms with Gasteiger partial charge in [0.25, 0.3) is 17.6 Å². The number of nitrogens with zero attached hydrogens (tertiary/aromatic N) is 5. The Bertz CT molecular complexity index is 3410. The van der Waals surface area contributed by atoms with Crippen LogP contribution in [0, 0.1) is 36.4 Å². The monoisotopic (exact) mass is 1170 g/mol. The minimum Gasteiger partial charge on any atom is -0.507 e. The molecule has 1 aromatic heterocycles. The van der Waals surface area contributed by atoms with Crippen molar-refractivity contribution in [2.24, 2.45) is 28.8 Å². The molecule has 0 spiro atoms. The average molecular weight is 1170 g/mol. The maximum Gasteiger partial charge on any atom is 0.341 e. The number of fused-ring (bicyclic) bond motifs is 15. The number of phenolic OH excluding ortho intramolecular Hbond substituents is 1. The number of esters is 1. The molecule has 450 valence electrons. The van der Waals surface area contributed by atoms with Crippen molar-refractivity contribution in [1.82, 2.24) is 19.7 Å². The summed E-state index contributed by atoms with van der Waals surface area (Å²) in [5.41, 5.74) is -2.43. The summed E-state index contributed by atoms with van der Waals surface area (Å²) in [7, 11) is 1.41. The van der Waals surface area contributed by atoms with Crippen LogP contribution in [0.5, 0.6) is 11.5 Å². The van der Waals surface area contributed by atoms with Crippen LogP contribution in [0.25, 0.3) is 10.9 Å². The summed E-state index contributed by atoms with van der Waals surface area (Å²) in [5.74, 6) is -11.4. The van der Waals surface area contributed by atoms with Crippen molar-refractivity contribution in [1.29, 1.82) is 0 Å². The van der Waals surface area contributed by atoms with Crippen molar-refractivity contribution in [3.05, 3.63) is 110 Å². The zero-order valence-electron chi connectivity index (χ0n) is 48.3. The van der Waals surface area contributed by atoms with Crippen LogP contribution >= 0.6 is 0 Å². The number of carbonyl (C=O) groups is 6. The van der Waals surface area contributed by atoms with E-state index in [0.29, 0.717) is 5.52 Å². The van der Waals surface area contributed by atoms with Crippen LogP contribution < -0.4 is 20.4 Å². The normalized spacial score (nSPS) is 29.0. The van der Waals surface area contributed by atoms with Gasteiger partial charge in [-0.25, -0.2) is 9.18 Å². The lowest BCUT2D eigenvalue weighted by Gasteiger charge is -2.38. The number of benzene rings is 2. The highest BCUT2D eigenvalue weighted by Crippen LogP contribution is 2.50. The maximum atomic E-state index is 15.9. The van der Waals surface area contributed by atoms with Gasteiger partial charge >= 0.3 is 11.9 Å². The van der Waals surface area contributed by atoms with Gasteiger partial charge in [0, 0.05) is 113 Å². The topological polar surface area (TPSA) is 295 Å². The van der Waals surface area contributed by atoms with E-state index in [1.54, 1.807) is 54.2 Å². The number of halogens is 1. The standard InChI is InChI=1S/C60H71FN6O17/c1-29-11-10-12-30(2)58(76)62-47-48(66-20-23-80-24-21-66)54(75)44-45(53(47)74)51(72)34(6)56-46(44)57(60(8,84-56)81-22-15-42(79-9)31(3)55(83-35(7)68)33(5)50(71)32(4)49(29)70)63-82-28-43(69)65-18-16-64(17-19-65)41-26-40-37(25-39(41)61)52(73)38(59(77)78)27-67(40)36-13-14-36/h10-12,15,22,25-27,29,31-33,36,42,49-50,55,70-72H,13-14,16-21,23-24,28H2,1-9H3,(H,62,76)(H,77,78)/b11-10+,22-15+,30-12-,63-57-/t29-,31-,32-,33-,42+,49+,50+,55+,60+/m1/s1. The van der Waals surface area contributed by atoms with Crippen LogP contribution in [0.1, 0.15) is 110 Å². The number of aliphatic hydroxyl groups is 2. The summed E-state index contributed by atoms with van der Waals surface area (Å²) in [6.45, 7) is 12.8. The van der Waals surface area contributed by atoms with Crippen molar-refractivity contribution in [2.75, 3.05) is 71.1 Å². The van der Waals surface area contributed by atoms with Gasteiger partial charge in [-0.1, -0.05) is 51.1 Å². The van der Waals surface area contributed by atoms with Crippen molar-refractivity contribution in [3.8, 4) is 11.5 Å². The number of carbonyl (C=O) groups excluding carboxylic acids is 5. The molecule has 5 bridgehead atoms. The highest BCUT2D eigenvalue weighted by atomic mass is 19.1. The number of aliphatic hydroxyl groups excluding tert-OH is 2. The lowest BCUT2D eigenvalue weighted by atomic mass is 9.78. The number of nitrogens with one attached hydrogen (secondary N) is 1.